The number of hydrogen-bond acceptors (Lipinski definition) is 3. The van der Waals surface area contributed by atoms with Gasteiger partial charge < -0.3 is 15.2 Å². The van der Waals surface area contributed by atoms with Gasteiger partial charge in [-0.1, -0.05) is 12.1 Å². The highest BCUT2D eigenvalue weighted by atomic mass is 16.5. The Morgan fingerprint density at radius 2 is 2.18 bits per heavy atom. The van der Waals surface area contributed by atoms with E-state index in [-0.39, 0.29) is 0 Å². The molecule has 5 nitrogen and oxygen atoms in total. The van der Waals surface area contributed by atoms with Crippen molar-refractivity contribution in [3.8, 4) is 0 Å². The van der Waals surface area contributed by atoms with Crippen molar-refractivity contribution in [2.45, 2.75) is 13.5 Å². The third-order valence-electron chi connectivity index (χ3n) is 2.27. The zero-order chi connectivity index (χ0) is 12.8. The third kappa shape index (κ3) is 3.88. The molecular formula is C12H15NO4. The molecule has 0 aliphatic carbocycles. The van der Waals surface area contributed by atoms with E-state index in [1.54, 1.807) is 25.3 Å². The molecule has 92 valence electrons. The van der Waals surface area contributed by atoms with Gasteiger partial charge in [0.25, 0.3) is 0 Å². The molecule has 1 aromatic carbocycles. The van der Waals surface area contributed by atoms with Crippen LogP contribution in [-0.4, -0.2) is 24.1 Å². The third-order valence-corrected chi connectivity index (χ3v) is 2.27. The van der Waals surface area contributed by atoms with Crippen LogP contribution in [0.5, 0.6) is 0 Å². The van der Waals surface area contributed by atoms with E-state index in [0.29, 0.717) is 12.3 Å². The van der Waals surface area contributed by atoms with Gasteiger partial charge in [-0.25, -0.2) is 0 Å². The lowest BCUT2D eigenvalue weighted by Gasteiger charge is -2.09. The molecule has 1 atom stereocenters. The number of methoxy groups -OCH3 is 1. The van der Waals surface area contributed by atoms with Crippen molar-refractivity contribution in [1.82, 2.24) is 0 Å². The van der Waals surface area contributed by atoms with Crippen molar-refractivity contribution < 1.29 is 19.4 Å². The summed E-state index contributed by atoms with van der Waals surface area (Å²) in [7, 11) is 1.58. The van der Waals surface area contributed by atoms with E-state index < -0.39 is 17.8 Å². The zero-order valence-corrected chi connectivity index (χ0v) is 9.77. The fourth-order valence-electron chi connectivity index (χ4n) is 1.27. The van der Waals surface area contributed by atoms with Crippen molar-refractivity contribution in [2.24, 2.45) is 5.92 Å². The second-order valence-electron chi connectivity index (χ2n) is 3.68. The maximum Gasteiger partial charge on any atom is 0.315 e. The van der Waals surface area contributed by atoms with Crippen molar-refractivity contribution in [3.63, 3.8) is 0 Å². The van der Waals surface area contributed by atoms with Crippen LogP contribution in [0.4, 0.5) is 5.69 Å². The Labute approximate surface area is 99.4 Å². The Morgan fingerprint density at radius 3 is 2.76 bits per heavy atom. The van der Waals surface area contributed by atoms with Crippen LogP contribution in [0.1, 0.15) is 12.5 Å². The number of rotatable bonds is 5. The molecule has 0 fully saturated rings. The minimum atomic E-state index is -1.14. The highest BCUT2D eigenvalue weighted by molar-refractivity contribution is 6.03. The summed E-state index contributed by atoms with van der Waals surface area (Å²) < 4.78 is 4.97. The summed E-state index contributed by atoms with van der Waals surface area (Å²) in [6.07, 6.45) is 0. The van der Waals surface area contributed by atoms with Gasteiger partial charge in [-0.15, -0.1) is 0 Å². The van der Waals surface area contributed by atoms with Crippen molar-refractivity contribution in [2.75, 3.05) is 12.4 Å². The molecule has 0 saturated heterocycles. The second-order valence-corrected chi connectivity index (χ2v) is 3.68. The van der Waals surface area contributed by atoms with E-state index in [9.17, 15) is 9.59 Å². The number of nitrogens with one attached hydrogen (secondary N) is 1. The van der Waals surface area contributed by atoms with E-state index in [0.717, 1.165) is 5.56 Å². The molecule has 5 heteroatoms. The molecule has 17 heavy (non-hydrogen) atoms. The molecule has 0 aromatic heterocycles. The Bertz CT molecular complexity index is 417. The minimum absolute atomic E-state index is 0.443. The Kier molecular flexibility index (Phi) is 4.66. The summed E-state index contributed by atoms with van der Waals surface area (Å²) in [5.41, 5.74) is 1.48. The summed E-state index contributed by atoms with van der Waals surface area (Å²) in [5.74, 6) is -2.75. The topological polar surface area (TPSA) is 75.6 Å². The number of ether oxygens (including phenoxy) is 1. The maximum atomic E-state index is 11.5. The number of carbonyl (C=O) groups is 2. The molecule has 1 unspecified atom stereocenters. The van der Waals surface area contributed by atoms with E-state index in [1.165, 1.54) is 6.92 Å². The summed E-state index contributed by atoms with van der Waals surface area (Å²) >= 11 is 0. The van der Waals surface area contributed by atoms with Crippen LogP contribution in [0.15, 0.2) is 24.3 Å². The number of carbonyl (C=O) groups excluding carboxylic acids is 1. The molecular weight excluding hydrogens is 222 g/mol. The number of carboxylic acids is 1. The predicted molar refractivity (Wildman–Crippen MR) is 62.6 cm³/mol. The molecule has 0 aliphatic heterocycles. The largest absolute Gasteiger partial charge is 0.481 e. The summed E-state index contributed by atoms with van der Waals surface area (Å²) in [6.45, 7) is 1.79. The van der Waals surface area contributed by atoms with Crippen molar-refractivity contribution in [3.05, 3.63) is 29.8 Å². The van der Waals surface area contributed by atoms with Gasteiger partial charge in [-0.3, -0.25) is 9.59 Å². The van der Waals surface area contributed by atoms with Crippen LogP contribution in [-0.2, 0) is 20.9 Å². The lowest BCUT2D eigenvalue weighted by molar-refractivity contribution is -0.144. The lowest BCUT2D eigenvalue weighted by Crippen LogP contribution is -2.26. The number of hydrogen-bond donors (Lipinski definition) is 2. The molecule has 0 radical (unpaired) electrons. The quantitative estimate of drug-likeness (QED) is 0.761. The maximum absolute atomic E-state index is 11.5. The van der Waals surface area contributed by atoms with Crippen molar-refractivity contribution >= 4 is 17.6 Å². The highest BCUT2D eigenvalue weighted by Crippen LogP contribution is 2.12. The molecule has 0 saturated carbocycles. The molecule has 0 bridgehead atoms. The van der Waals surface area contributed by atoms with Crippen LogP contribution in [0.25, 0.3) is 0 Å². The van der Waals surface area contributed by atoms with E-state index >= 15 is 0 Å². The van der Waals surface area contributed by atoms with Gasteiger partial charge in [-0.05, 0) is 24.6 Å². The number of carboxylic acid groups (broad SMARTS) is 1. The first kappa shape index (κ1) is 13.2. The first-order valence-electron chi connectivity index (χ1n) is 5.16. The number of anilines is 1. The Hall–Kier alpha value is -1.88. The van der Waals surface area contributed by atoms with Crippen LogP contribution >= 0.6 is 0 Å². The van der Waals surface area contributed by atoms with Gasteiger partial charge in [-0.2, -0.15) is 0 Å². The molecule has 1 rings (SSSR count). The molecule has 0 spiro atoms. The van der Waals surface area contributed by atoms with E-state index in [1.807, 2.05) is 6.07 Å². The summed E-state index contributed by atoms with van der Waals surface area (Å²) in [5, 5.41) is 11.2. The average molecular weight is 237 g/mol. The Balaban J connectivity index is 2.71. The molecule has 0 aliphatic rings. The first-order chi connectivity index (χ1) is 8.04. The monoisotopic (exact) mass is 237 g/mol. The molecule has 0 heterocycles. The SMILES string of the molecule is COCc1cccc(NC(=O)C(C)C(=O)O)c1. The molecule has 2 N–H and O–H groups in total. The van der Waals surface area contributed by atoms with Gasteiger partial charge in [0.05, 0.1) is 6.61 Å². The second kappa shape index (κ2) is 6.00. The van der Waals surface area contributed by atoms with Crippen molar-refractivity contribution in [1.29, 1.82) is 0 Å². The fraction of sp³-hybridized carbons (Fsp3) is 0.333. The average Bonchev–Trinajstić information content (AvgIpc) is 2.28. The van der Waals surface area contributed by atoms with Crippen LogP contribution in [0.3, 0.4) is 0 Å². The van der Waals surface area contributed by atoms with Crippen LogP contribution < -0.4 is 5.32 Å². The number of aliphatic carboxylic acids is 1. The van der Waals surface area contributed by atoms with Gasteiger partial charge in [0, 0.05) is 12.8 Å². The molecule has 1 amide bonds. The van der Waals surface area contributed by atoms with Crippen LogP contribution in [0, 0.1) is 5.92 Å². The summed E-state index contributed by atoms with van der Waals surface area (Å²) in [4.78, 5) is 22.1. The van der Waals surface area contributed by atoms with Gasteiger partial charge in [0.15, 0.2) is 0 Å². The smallest absolute Gasteiger partial charge is 0.315 e. The van der Waals surface area contributed by atoms with E-state index in [4.69, 9.17) is 9.84 Å². The van der Waals surface area contributed by atoms with Gasteiger partial charge >= 0.3 is 5.97 Å². The van der Waals surface area contributed by atoms with Gasteiger partial charge in [0.2, 0.25) is 5.91 Å². The normalized spacial score (nSPS) is 11.9. The number of amides is 1. The number of benzene rings is 1. The lowest BCUT2D eigenvalue weighted by atomic mass is 10.1. The van der Waals surface area contributed by atoms with E-state index in [2.05, 4.69) is 5.32 Å². The zero-order valence-electron chi connectivity index (χ0n) is 9.77. The minimum Gasteiger partial charge on any atom is -0.481 e. The summed E-state index contributed by atoms with van der Waals surface area (Å²) in [6, 6.07) is 7.08. The Morgan fingerprint density at radius 1 is 1.47 bits per heavy atom. The van der Waals surface area contributed by atoms with Crippen LogP contribution in [0.2, 0.25) is 0 Å². The predicted octanol–water partition coefficient (Wildman–Crippen LogP) is 1.49. The standard InChI is InChI=1S/C12H15NO4/c1-8(12(15)16)11(14)13-10-5-3-4-9(6-10)7-17-2/h3-6,8H,7H2,1-2H3,(H,13,14)(H,15,16). The highest BCUT2D eigenvalue weighted by Gasteiger charge is 2.20. The first-order valence-corrected chi connectivity index (χ1v) is 5.16. The molecule has 1 aromatic rings. The van der Waals surface area contributed by atoms with Gasteiger partial charge in [0.1, 0.15) is 5.92 Å². The fourth-order valence-corrected chi connectivity index (χ4v) is 1.27.